The van der Waals surface area contributed by atoms with Crippen LogP contribution in [0, 0.1) is 5.41 Å². The number of hydrogen-bond donors (Lipinski definition) is 2. The second-order valence-corrected chi connectivity index (χ2v) is 3.64. The molecule has 0 heterocycles. The van der Waals surface area contributed by atoms with E-state index in [1.54, 1.807) is 0 Å². The van der Waals surface area contributed by atoms with Crippen LogP contribution >= 0.6 is 0 Å². The van der Waals surface area contributed by atoms with E-state index in [0.29, 0.717) is 0 Å². The van der Waals surface area contributed by atoms with Crippen molar-refractivity contribution in [3.63, 3.8) is 0 Å². The molecule has 70 valence electrons. The van der Waals surface area contributed by atoms with Gasteiger partial charge in [0.2, 0.25) is 0 Å². The number of hydrogen-bond acceptors (Lipinski definition) is 2. The number of halogens is 2. The van der Waals surface area contributed by atoms with Gasteiger partial charge in [-0.15, -0.1) is 0 Å². The van der Waals surface area contributed by atoms with Crippen molar-refractivity contribution < 1.29 is 19.0 Å². The van der Waals surface area contributed by atoms with Gasteiger partial charge in [-0.3, -0.25) is 0 Å². The largest absolute Gasteiger partial charge is 0.386 e. The van der Waals surface area contributed by atoms with Gasteiger partial charge in [-0.2, -0.15) is 0 Å². The van der Waals surface area contributed by atoms with E-state index in [9.17, 15) is 8.78 Å². The minimum absolute atomic E-state index is 1.20. The molecule has 0 saturated carbocycles. The number of alkyl halides is 2. The molecule has 0 aromatic rings. The van der Waals surface area contributed by atoms with Gasteiger partial charge in [0.1, 0.15) is 12.2 Å². The molecule has 0 fully saturated rings. The molecule has 1 aliphatic carbocycles. The Kier molecular flexibility index (Phi) is 2.00. The SMILES string of the molecule is CC1(C)C=CC(O)C(O)C1(F)F. The first-order valence-electron chi connectivity index (χ1n) is 3.72. The summed E-state index contributed by atoms with van der Waals surface area (Å²) < 4.78 is 26.3. The Morgan fingerprint density at radius 3 is 2.17 bits per heavy atom. The van der Waals surface area contributed by atoms with E-state index in [4.69, 9.17) is 10.2 Å². The van der Waals surface area contributed by atoms with E-state index in [2.05, 4.69) is 0 Å². The first kappa shape index (κ1) is 9.61. The van der Waals surface area contributed by atoms with Crippen LogP contribution in [0.5, 0.6) is 0 Å². The van der Waals surface area contributed by atoms with Gasteiger partial charge >= 0.3 is 0 Å². The van der Waals surface area contributed by atoms with Crippen molar-refractivity contribution in [2.45, 2.75) is 32.0 Å². The Labute approximate surface area is 69.5 Å². The zero-order valence-electron chi connectivity index (χ0n) is 6.96. The van der Waals surface area contributed by atoms with Gasteiger partial charge in [0.15, 0.2) is 0 Å². The third-order valence-electron chi connectivity index (χ3n) is 2.26. The molecule has 0 aromatic carbocycles. The van der Waals surface area contributed by atoms with Crippen LogP contribution in [0.2, 0.25) is 0 Å². The van der Waals surface area contributed by atoms with E-state index in [-0.39, 0.29) is 0 Å². The minimum Gasteiger partial charge on any atom is -0.386 e. The molecule has 12 heavy (non-hydrogen) atoms. The first-order valence-corrected chi connectivity index (χ1v) is 3.72. The van der Waals surface area contributed by atoms with Gasteiger partial charge in [-0.05, 0) is 0 Å². The maximum absolute atomic E-state index is 13.2. The number of aliphatic hydroxyl groups excluding tert-OH is 2. The van der Waals surface area contributed by atoms with Crippen molar-refractivity contribution in [3.05, 3.63) is 12.2 Å². The Hall–Kier alpha value is -0.480. The van der Waals surface area contributed by atoms with E-state index in [0.717, 1.165) is 0 Å². The van der Waals surface area contributed by atoms with Crippen LogP contribution in [0.25, 0.3) is 0 Å². The maximum atomic E-state index is 13.2. The second kappa shape index (κ2) is 2.50. The predicted octanol–water partition coefficient (Wildman–Crippen LogP) is 0.940. The average Bonchev–Trinajstić information content (AvgIpc) is 1.96. The van der Waals surface area contributed by atoms with E-state index < -0.39 is 23.5 Å². The Morgan fingerprint density at radius 2 is 1.75 bits per heavy atom. The normalized spacial score (nSPS) is 38.2. The molecule has 2 N–H and O–H groups in total. The second-order valence-electron chi connectivity index (χ2n) is 3.64. The lowest BCUT2D eigenvalue weighted by atomic mass is 9.76. The molecule has 2 atom stereocenters. The van der Waals surface area contributed by atoms with Gasteiger partial charge in [-0.1, -0.05) is 26.0 Å². The van der Waals surface area contributed by atoms with Crippen LogP contribution in [0.1, 0.15) is 13.8 Å². The molecule has 2 nitrogen and oxygen atoms in total. The van der Waals surface area contributed by atoms with Crippen molar-refractivity contribution >= 4 is 0 Å². The maximum Gasteiger partial charge on any atom is 0.284 e. The molecule has 0 aromatic heterocycles. The molecule has 2 unspecified atom stereocenters. The summed E-state index contributed by atoms with van der Waals surface area (Å²) in [5, 5.41) is 17.9. The summed E-state index contributed by atoms with van der Waals surface area (Å²) in [5.41, 5.74) is -1.40. The summed E-state index contributed by atoms with van der Waals surface area (Å²) in [6, 6.07) is 0. The van der Waals surface area contributed by atoms with Crippen LogP contribution in [-0.4, -0.2) is 28.3 Å². The fourth-order valence-electron chi connectivity index (χ4n) is 1.15. The van der Waals surface area contributed by atoms with E-state index >= 15 is 0 Å². The highest BCUT2D eigenvalue weighted by molar-refractivity contribution is 5.15. The Morgan fingerprint density at radius 1 is 1.25 bits per heavy atom. The molecule has 1 rings (SSSR count). The fourth-order valence-corrected chi connectivity index (χ4v) is 1.15. The summed E-state index contributed by atoms with van der Waals surface area (Å²) in [6.45, 7) is 2.64. The molecule has 0 aliphatic heterocycles. The predicted molar refractivity (Wildman–Crippen MR) is 39.9 cm³/mol. The standard InChI is InChI=1S/C8H12F2O2/c1-7(2)4-3-5(11)6(12)8(7,9)10/h3-6,11-12H,1-2H3. The highest BCUT2D eigenvalue weighted by Crippen LogP contribution is 2.43. The van der Waals surface area contributed by atoms with Crippen molar-refractivity contribution in [1.82, 2.24) is 0 Å². The van der Waals surface area contributed by atoms with Gasteiger partial charge in [-0.25, -0.2) is 8.78 Å². The van der Waals surface area contributed by atoms with Gasteiger partial charge in [0.25, 0.3) is 5.92 Å². The molecule has 0 spiro atoms. The smallest absolute Gasteiger partial charge is 0.284 e. The molecule has 0 radical (unpaired) electrons. The molecule has 1 aliphatic rings. The quantitative estimate of drug-likeness (QED) is 0.542. The lowest BCUT2D eigenvalue weighted by Gasteiger charge is -2.39. The van der Waals surface area contributed by atoms with Crippen molar-refractivity contribution in [2.24, 2.45) is 5.41 Å². The molecule has 4 heteroatoms. The summed E-state index contributed by atoms with van der Waals surface area (Å²) in [5.74, 6) is -3.28. The van der Waals surface area contributed by atoms with Crippen LogP contribution in [0.15, 0.2) is 12.2 Å². The molecular weight excluding hydrogens is 166 g/mol. The van der Waals surface area contributed by atoms with Gasteiger partial charge in [0.05, 0.1) is 0 Å². The number of rotatable bonds is 0. The van der Waals surface area contributed by atoms with Crippen molar-refractivity contribution in [3.8, 4) is 0 Å². The van der Waals surface area contributed by atoms with E-state index in [1.165, 1.54) is 26.0 Å². The zero-order chi connectivity index (χ0) is 9.57. The topological polar surface area (TPSA) is 40.5 Å². The van der Waals surface area contributed by atoms with Crippen LogP contribution in [0.4, 0.5) is 8.78 Å². The van der Waals surface area contributed by atoms with Crippen LogP contribution < -0.4 is 0 Å². The first-order chi connectivity index (χ1) is 5.29. The molecule has 0 saturated heterocycles. The number of allylic oxidation sites excluding steroid dienone is 1. The third-order valence-corrected chi connectivity index (χ3v) is 2.26. The molecular formula is C8H12F2O2. The van der Waals surface area contributed by atoms with Crippen molar-refractivity contribution in [1.29, 1.82) is 0 Å². The summed E-state index contributed by atoms with van der Waals surface area (Å²) in [7, 11) is 0. The van der Waals surface area contributed by atoms with Crippen LogP contribution in [0.3, 0.4) is 0 Å². The lowest BCUT2D eigenvalue weighted by molar-refractivity contribution is -0.195. The monoisotopic (exact) mass is 178 g/mol. The highest BCUT2D eigenvalue weighted by atomic mass is 19.3. The lowest BCUT2D eigenvalue weighted by Crippen LogP contribution is -2.53. The van der Waals surface area contributed by atoms with Crippen LogP contribution in [-0.2, 0) is 0 Å². The minimum atomic E-state index is -3.28. The molecule has 0 amide bonds. The van der Waals surface area contributed by atoms with Crippen molar-refractivity contribution in [2.75, 3.05) is 0 Å². The Balaban J connectivity index is 3.05. The third kappa shape index (κ3) is 1.15. The van der Waals surface area contributed by atoms with E-state index in [1.807, 2.05) is 0 Å². The summed E-state index contributed by atoms with van der Waals surface area (Å²) >= 11 is 0. The number of aliphatic hydroxyl groups is 2. The fraction of sp³-hybridized carbons (Fsp3) is 0.750. The van der Waals surface area contributed by atoms with Gasteiger partial charge < -0.3 is 10.2 Å². The highest BCUT2D eigenvalue weighted by Gasteiger charge is 2.55. The Bertz CT molecular complexity index is 211. The summed E-state index contributed by atoms with van der Waals surface area (Å²) in [6.07, 6.45) is -1.04. The van der Waals surface area contributed by atoms with Gasteiger partial charge in [0, 0.05) is 5.41 Å². The summed E-state index contributed by atoms with van der Waals surface area (Å²) in [4.78, 5) is 0. The molecule has 0 bridgehead atoms. The zero-order valence-corrected chi connectivity index (χ0v) is 6.96. The average molecular weight is 178 g/mol.